The molecule has 6 heteroatoms. The maximum absolute atomic E-state index is 12.6. The minimum absolute atomic E-state index is 0. The third-order valence-electron chi connectivity index (χ3n) is 3.84. The van der Waals surface area contributed by atoms with Crippen LogP contribution in [0.3, 0.4) is 0 Å². The molecule has 3 aromatic rings. The monoisotopic (exact) mass is 345 g/mol. The summed E-state index contributed by atoms with van der Waals surface area (Å²) in [6.07, 6.45) is 0. The van der Waals surface area contributed by atoms with Crippen molar-refractivity contribution in [1.82, 2.24) is 14.5 Å². The molecule has 5 nitrogen and oxygen atoms in total. The molecule has 126 valence electrons. The quantitative estimate of drug-likeness (QED) is 0.723. The Hall–Kier alpha value is -2.37. The van der Waals surface area contributed by atoms with Gasteiger partial charge in [-0.25, -0.2) is 4.79 Å². The van der Waals surface area contributed by atoms with Crippen molar-refractivity contribution in [2.75, 3.05) is 20.6 Å². The normalized spacial score (nSPS) is 10.8. The highest BCUT2D eigenvalue weighted by molar-refractivity contribution is 6.10. The second kappa shape index (κ2) is 7.47. The molecule has 0 unspecified atom stereocenters. The summed E-state index contributed by atoms with van der Waals surface area (Å²) in [5, 5.41) is 0. The zero-order valence-electron chi connectivity index (χ0n) is 13.7. The molecule has 0 aliphatic carbocycles. The summed E-state index contributed by atoms with van der Waals surface area (Å²) in [6.45, 7) is 1.33. The first-order valence-corrected chi connectivity index (χ1v) is 7.53. The number of imidazole rings is 1. The fraction of sp³-hybridized carbons (Fsp3) is 0.222. The Morgan fingerprint density at radius 3 is 2.46 bits per heavy atom. The summed E-state index contributed by atoms with van der Waals surface area (Å²) < 4.78 is 1.68. The molecule has 1 aromatic heterocycles. The maximum atomic E-state index is 12.6. The summed E-state index contributed by atoms with van der Waals surface area (Å²) in [4.78, 5) is 29.5. The second-order valence-electron chi connectivity index (χ2n) is 5.81. The number of likely N-dealkylation sites (N-methyl/N-ethyl adjacent to an activating group) is 1. The summed E-state index contributed by atoms with van der Waals surface area (Å²) in [6, 6.07) is 14.5. The highest BCUT2D eigenvalue weighted by Crippen LogP contribution is 2.16. The number of fused-ring (bicyclic) bond motifs is 1. The van der Waals surface area contributed by atoms with Crippen LogP contribution < -0.4 is 5.69 Å². The van der Waals surface area contributed by atoms with E-state index in [1.807, 2.05) is 37.2 Å². The highest BCUT2D eigenvalue weighted by Gasteiger charge is 2.12. The lowest BCUT2D eigenvalue weighted by Gasteiger charge is -2.10. The molecule has 0 aliphatic heterocycles. The largest absolute Gasteiger partial charge is 0.326 e. The van der Waals surface area contributed by atoms with E-state index in [0.29, 0.717) is 17.7 Å². The van der Waals surface area contributed by atoms with Crippen molar-refractivity contribution >= 4 is 29.2 Å². The molecule has 0 amide bonds. The Morgan fingerprint density at radius 1 is 1.08 bits per heavy atom. The fourth-order valence-corrected chi connectivity index (χ4v) is 2.57. The molecule has 0 spiro atoms. The van der Waals surface area contributed by atoms with E-state index in [4.69, 9.17) is 0 Å². The van der Waals surface area contributed by atoms with Gasteiger partial charge >= 0.3 is 5.69 Å². The Balaban J connectivity index is 0.00000208. The van der Waals surface area contributed by atoms with Crippen LogP contribution in [0.1, 0.15) is 15.9 Å². The Labute approximate surface area is 146 Å². The molecule has 0 atom stereocenters. The number of ketones is 1. The van der Waals surface area contributed by atoms with Gasteiger partial charge in [0.25, 0.3) is 0 Å². The lowest BCUT2D eigenvalue weighted by Crippen LogP contribution is -2.24. The number of hydrogen-bond donors (Lipinski definition) is 1. The molecular weight excluding hydrogens is 326 g/mol. The summed E-state index contributed by atoms with van der Waals surface area (Å²) in [5.41, 5.74) is 2.59. The van der Waals surface area contributed by atoms with Crippen molar-refractivity contribution in [2.24, 2.45) is 0 Å². The minimum Gasteiger partial charge on any atom is -0.308 e. The first-order chi connectivity index (χ1) is 11.1. The topological polar surface area (TPSA) is 58.1 Å². The van der Waals surface area contributed by atoms with Crippen molar-refractivity contribution in [2.45, 2.75) is 6.54 Å². The maximum Gasteiger partial charge on any atom is 0.326 e. The fourth-order valence-electron chi connectivity index (χ4n) is 2.57. The lowest BCUT2D eigenvalue weighted by molar-refractivity contribution is 0.103. The van der Waals surface area contributed by atoms with E-state index in [1.165, 1.54) is 0 Å². The van der Waals surface area contributed by atoms with Crippen molar-refractivity contribution in [3.63, 3.8) is 0 Å². The molecular formula is C18H20ClN3O2. The number of aromatic nitrogens is 2. The number of aromatic amines is 1. The van der Waals surface area contributed by atoms with Gasteiger partial charge in [0.2, 0.25) is 0 Å². The molecule has 0 bridgehead atoms. The van der Waals surface area contributed by atoms with Crippen molar-refractivity contribution < 1.29 is 4.79 Å². The van der Waals surface area contributed by atoms with Crippen LogP contribution in [0.5, 0.6) is 0 Å². The number of rotatable bonds is 5. The second-order valence-corrected chi connectivity index (χ2v) is 5.81. The Bertz CT molecular complexity index is 898. The van der Waals surface area contributed by atoms with E-state index >= 15 is 0 Å². The smallest absolute Gasteiger partial charge is 0.308 e. The van der Waals surface area contributed by atoms with Gasteiger partial charge in [-0.05, 0) is 32.3 Å². The highest BCUT2D eigenvalue weighted by atomic mass is 35.5. The van der Waals surface area contributed by atoms with Gasteiger partial charge in [0.1, 0.15) is 0 Å². The van der Waals surface area contributed by atoms with E-state index < -0.39 is 0 Å². The van der Waals surface area contributed by atoms with E-state index in [9.17, 15) is 9.59 Å². The molecule has 0 fully saturated rings. The predicted molar refractivity (Wildman–Crippen MR) is 98.2 cm³/mol. The van der Waals surface area contributed by atoms with Gasteiger partial charge < -0.3 is 9.88 Å². The number of benzene rings is 2. The Kier molecular flexibility index (Phi) is 5.59. The van der Waals surface area contributed by atoms with E-state index in [0.717, 1.165) is 17.6 Å². The van der Waals surface area contributed by atoms with E-state index in [2.05, 4.69) is 4.98 Å². The van der Waals surface area contributed by atoms with Crippen LogP contribution in [-0.4, -0.2) is 40.9 Å². The molecule has 24 heavy (non-hydrogen) atoms. The van der Waals surface area contributed by atoms with Crippen LogP contribution in [0.2, 0.25) is 0 Å². The average molecular weight is 346 g/mol. The zero-order valence-corrected chi connectivity index (χ0v) is 14.5. The zero-order chi connectivity index (χ0) is 16.4. The third-order valence-corrected chi connectivity index (χ3v) is 3.84. The van der Waals surface area contributed by atoms with Gasteiger partial charge in [0.05, 0.1) is 11.0 Å². The average Bonchev–Trinajstić information content (AvgIpc) is 2.87. The summed E-state index contributed by atoms with van der Waals surface area (Å²) in [5.74, 6) is -0.0414. The molecule has 1 N–H and O–H groups in total. The first kappa shape index (κ1) is 18.0. The molecule has 1 heterocycles. The molecule has 0 radical (unpaired) electrons. The Morgan fingerprint density at radius 2 is 1.79 bits per heavy atom. The van der Waals surface area contributed by atoms with Crippen LogP contribution in [-0.2, 0) is 6.54 Å². The van der Waals surface area contributed by atoms with E-state index in [1.54, 1.807) is 34.9 Å². The number of hydrogen-bond acceptors (Lipinski definition) is 3. The van der Waals surface area contributed by atoms with Gasteiger partial charge in [-0.3, -0.25) is 9.36 Å². The molecule has 0 saturated carbocycles. The first-order valence-electron chi connectivity index (χ1n) is 7.53. The number of carbonyl (C=O) groups is 1. The number of halogens is 1. The van der Waals surface area contributed by atoms with Gasteiger partial charge in [-0.15, -0.1) is 12.4 Å². The third kappa shape index (κ3) is 3.58. The van der Waals surface area contributed by atoms with E-state index in [-0.39, 0.29) is 23.9 Å². The van der Waals surface area contributed by atoms with Gasteiger partial charge in [0, 0.05) is 24.2 Å². The number of nitrogens with zero attached hydrogens (tertiary/aromatic N) is 2. The van der Waals surface area contributed by atoms with Crippen LogP contribution in [0.15, 0.2) is 53.3 Å². The standard InChI is InChI=1S/C18H19N3O2.ClH/c1-20(2)10-11-21-16-12-14(8-9-15(16)19-18(21)23)17(22)13-6-4-3-5-7-13;/h3-9,12H,10-11H2,1-2H3,(H,19,23);1H. The van der Waals surface area contributed by atoms with Crippen LogP contribution in [0.25, 0.3) is 11.0 Å². The van der Waals surface area contributed by atoms with Crippen LogP contribution >= 0.6 is 12.4 Å². The van der Waals surface area contributed by atoms with Crippen LogP contribution in [0, 0.1) is 0 Å². The van der Waals surface area contributed by atoms with Gasteiger partial charge in [0.15, 0.2) is 5.78 Å². The lowest BCUT2D eigenvalue weighted by atomic mass is 10.0. The number of H-pyrrole nitrogens is 1. The van der Waals surface area contributed by atoms with Crippen LogP contribution in [0.4, 0.5) is 0 Å². The van der Waals surface area contributed by atoms with Gasteiger partial charge in [-0.1, -0.05) is 30.3 Å². The molecule has 0 saturated heterocycles. The van der Waals surface area contributed by atoms with Crippen molar-refractivity contribution in [3.05, 3.63) is 70.1 Å². The molecule has 2 aromatic carbocycles. The van der Waals surface area contributed by atoms with Gasteiger partial charge in [-0.2, -0.15) is 0 Å². The minimum atomic E-state index is -0.147. The molecule has 3 rings (SSSR count). The number of nitrogens with one attached hydrogen (secondary N) is 1. The summed E-state index contributed by atoms with van der Waals surface area (Å²) in [7, 11) is 3.93. The molecule has 0 aliphatic rings. The SMILES string of the molecule is CN(C)CCn1c(=O)[nH]c2ccc(C(=O)c3ccccc3)cc21.Cl. The predicted octanol–water partition coefficient (Wildman–Crippen LogP) is 2.54. The summed E-state index contributed by atoms with van der Waals surface area (Å²) >= 11 is 0. The van der Waals surface area contributed by atoms with Crippen molar-refractivity contribution in [3.8, 4) is 0 Å². The van der Waals surface area contributed by atoms with Crippen molar-refractivity contribution in [1.29, 1.82) is 0 Å². The number of carbonyl (C=O) groups excluding carboxylic acids is 1.